The van der Waals surface area contributed by atoms with E-state index in [2.05, 4.69) is 15.5 Å². The summed E-state index contributed by atoms with van der Waals surface area (Å²) in [6.45, 7) is 2.74. The third kappa shape index (κ3) is 6.87. The highest BCUT2D eigenvalue weighted by atomic mass is 32.2. The Morgan fingerprint density at radius 2 is 1.98 bits per heavy atom. The Bertz CT molecular complexity index is 1660. The van der Waals surface area contributed by atoms with E-state index >= 15 is 0 Å². The van der Waals surface area contributed by atoms with Gasteiger partial charge in [-0.05, 0) is 13.8 Å². The van der Waals surface area contributed by atoms with Gasteiger partial charge in [-0.1, -0.05) is 17.3 Å². The number of amides is 3. The zero-order valence-corrected chi connectivity index (χ0v) is 27.0. The summed E-state index contributed by atoms with van der Waals surface area (Å²) in [5.74, 6) is -2.68. The van der Waals surface area contributed by atoms with Crippen molar-refractivity contribution in [3.8, 4) is 0 Å². The molecule has 0 spiro atoms. The van der Waals surface area contributed by atoms with Gasteiger partial charge >= 0.3 is 5.97 Å². The molecule has 15 nitrogen and oxygen atoms in total. The number of nitrogen functional groups attached to an aromatic ring is 1. The first kappa shape index (κ1) is 33.0. The van der Waals surface area contributed by atoms with E-state index in [1.165, 1.54) is 31.0 Å². The second-order valence-electron chi connectivity index (χ2n) is 10.7. The van der Waals surface area contributed by atoms with Crippen LogP contribution >= 0.6 is 34.9 Å². The van der Waals surface area contributed by atoms with E-state index in [1.54, 1.807) is 34.0 Å². The number of β-lactam (4-membered cyclic amide) rings is 2. The number of carbonyl (C=O) groups is 5. The van der Waals surface area contributed by atoms with Crippen LogP contribution in [0.1, 0.15) is 26.0 Å². The molecule has 2 fully saturated rings. The lowest BCUT2D eigenvalue weighted by atomic mass is 10.0. The number of oxime groups is 1. The lowest BCUT2D eigenvalue weighted by Gasteiger charge is -2.50. The lowest BCUT2D eigenvalue weighted by Crippen LogP contribution is -2.71. The molecule has 0 bridgehead atoms. The minimum absolute atomic E-state index is 0.0265. The topological polar surface area (TPSA) is 212 Å². The number of fused-ring (bicyclic) bond motifs is 2. The molecule has 3 atom stereocenters. The number of anilines is 1. The number of nitrogens with two attached hydrogens (primary N) is 1. The minimum Gasteiger partial charge on any atom is -0.543 e. The number of pyridine rings is 1. The Morgan fingerprint density at radius 3 is 2.57 bits per heavy atom. The predicted octanol–water partition coefficient (Wildman–Crippen LogP) is -0.494. The van der Waals surface area contributed by atoms with Crippen LogP contribution in [0.3, 0.4) is 0 Å². The maximum Gasteiger partial charge on any atom is 0.350 e. The second-order valence-corrected chi connectivity index (χ2v) is 13.9. The highest BCUT2D eigenvalue weighted by Gasteiger charge is 2.53. The van der Waals surface area contributed by atoms with Gasteiger partial charge in [0.25, 0.3) is 11.8 Å². The molecule has 2 aromatic heterocycles. The van der Waals surface area contributed by atoms with Crippen molar-refractivity contribution in [1.82, 2.24) is 20.1 Å². The SMILES string of the molecule is CC(C)(O/N=C(\C(=O)N[C@@H]1C(=O)N2C(C(=O)[O-])=C(C[n+]3ccccc3)CS[C@H]12)c1csc(N)n1)C(=O)O.O=C1C[C@H]2SCC=CN12. The summed E-state index contributed by atoms with van der Waals surface area (Å²) in [4.78, 5) is 72.2. The monoisotopic (exact) mass is 687 g/mol. The molecule has 0 aliphatic carbocycles. The summed E-state index contributed by atoms with van der Waals surface area (Å²) in [6.07, 6.45) is 8.22. The first-order valence-electron chi connectivity index (χ1n) is 13.8. The molecule has 0 aromatic carbocycles. The van der Waals surface area contributed by atoms with Crippen molar-refractivity contribution in [2.45, 2.75) is 49.2 Å². The van der Waals surface area contributed by atoms with E-state index in [-0.39, 0.29) is 34.7 Å². The molecule has 2 saturated heterocycles. The van der Waals surface area contributed by atoms with Crippen LogP contribution in [0.15, 0.2) is 64.7 Å². The molecular formula is C28H29N7O8S3. The van der Waals surface area contributed by atoms with Crippen molar-refractivity contribution < 1.29 is 43.6 Å². The fourth-order valence-corrected chi connectivity index (χ4v) is 7.52. The van der Waals surface area contributed by atoms with Gasteiger partial charge in [-0.15, -0.1) is 34.9 Å². The van der Waals surface area contributed by atoms with Crippen LogP contribution in [0.4, 0.5) is 5.13 Å². The van der Waals surface area contributed by atoms with E-state index in [9.17, 15) is 34.2 Å². The molecule has 3 amide bonds. The average molecular weight is 688 g/mol. The van der Waals surface area contributed by atoms with Gasteiger partial charge in [0.05, 0.1) is 23.5 Å². The van der Waals surface area contributed by atoms with Crippen molar-refractivity contribution >= 4 is 75.4 Å². The summed E-state index contributed by atoms with van der Waals surface area (Å²) in [6, 6.07) is 4.36. The normalized spacial score (nSPS) is 22.0. The zero-order valence-electron chi connectivity index (χ0n) is 24.5. The number of carboxylic acids is 2. The Kier molecular flexibility index (Phi) is 9.68. The standard InChI is InChI=1S/C22H22N6O7S2.C6H7NOS/c1-22(2,20(33)34)35-26-13(12-10-37-21(23)24-12)16(29)25-14-17(30)28-15(19(31)32)11(9-36-18(14)28)8-27-6-4-3-5-7-27;8-5-4-6-7(5)2-1-3-9-6/h3-7,10,14,18H,8-9H2,1-2H3,(H4-,23,24,25,29,31,32,33,34);1-2,6H,3-4H2/b26-13-;/t14-,18-;6-/m11/s1. The smallest absolute Gasteiger partial charge is 0.350 e. The molecular weight excluding hydrogens is 659 g/mol. The summed E-state index contributed by atoms with van der Waals surface area (Å²) in [5.41, 5.74) is 3.83. The van der Waals surface area contributed by atoms with E-state index < -0.39 is 40.8 Å². The van der Waals surface area contributed by atoms with Crippen LogP contribution < -0.4 is 20.7 Å². The van der Waals surface area contributed by atoms with E-state index in [4.69, 9.17) is 10.6 Å². The second kappa shape index (κ2) is 13.5. The van der Waals surface area contributed by atoms with Gasteiger partial charge in [0.2, 0.25) is 11.5 Å². The maximum atomic E-state index is 13.1. The number of thioether (sulfide) groups is 2. The number of nitrogens with one attached hydrogen (secondary N) is 1. The highest BCUT2D eigenvalue weighted by Crippen LogP contribution is 2.40. The van der Waals surface area contributed by atoms with Crippen molar-refractivity contribution in [2.75, 3.05) is 17.2 Å². The Labute approximate surface area is 275 Å². The molecule has 4 aliphatic rings. The van der Waals surface area contributed by atoms with Gasteiger partial charge in [0.15, 0.2) is 29.8 Å². The quantitative estimate of drug-likeness (QED) is 0.132. The number of aliphatic carboxylic acids is 2. The number of aromatic nitrogens is 2. The third-order valence-corrected chi connectivity index (χ3v) is 10.3. The van der Waals surface area contributed by atoms with Crippen LogP contribution in [0, 0.1) is 0 Å². The van der Waals surface area contributed by atoms with Gasteiger partial charge in [-0.25, -0.2) is 14.3 Å². The molecule has 0 unspecified atom stereocenters. The Morgan fingerprint density at radius 1 is 1.24 bits per heavy atom. The molecule has 6 heterocycles. The summed E-state index contributed by atoms with van der Waals surface area (Å²) in [7, 11) is 0. The van der Waals surface area contributed by atoms with Gasteiger partial charge in [-0.3, -0.25) is 19.3 Å². The number of carboxylic acid groups (broad SMARTS) is 2. The van der Waals surface area contributed by atoms with Gasteiger partial charge in [-0.2, -0.15) is 0 Å². The molecule has 2 aromatic rings. The van der Waals surface area contributed by atoms with E-state index in [1.807, 2.05) is 30.1 Å². The number of hydrogen-bond acceptors (Lipinski definition) is 13. The molecule has 0 radical (unpaired) electrons. The molecule has 6 rings (SSSR count). The fourth-order valence-electron chi connectivity index (χ4n) is 4.61. The fraction of sp³-hybridized carbons (Fsp3) is 0.357. The van der Waals surface area contributed by atoms with E-state index in [0.29, 0.717) is 16.7 Å². The lowest BCUT2D eigenvalue weighted by molar-refractivity contribution is -0.689. The number of rotatable bonds is 9. The molecule has 4 N–H and O–H groups in total. The van der Waals surface area contributed by atoms with Gasteiger partial charge < -0.3 is 35.8 Å². The van der Waals surface area contributed by atoms with Crippen LogP contribution in [0.5, 0.6) is 0 Å². The number of carbonyl (C=O) groups excluding carboxylic acids is 4. The summed E-state index contributed by atoms with van der Waals surface area (Å²) in [5, 5.41) is 28.8. The van der Waals surface area contributed by atoms with Crippen molar-refractivity contribution in [3.63, 3.8) is 0 Å². The first-order valence-corrected chi connectivity index (χ1v) is 16.8. The maximum absolute atomic E-state index is 13.1. The predicted molar refractivity (Wildman–Crippen MR) is 166 cm³/mol. The van der Waals surface area contributed by atoms with Crippen LogP contribution in [0.2, 0.25) is 0 Å². The van der Waals surface area contributed by atoms with Crippen molar-refractivity contribution in [3.05, 3.63) is 65.2 Å². The first-order chi connectivity index (χ1) is 21.9. The summed E-state index contributed by atoms with van der Waals surface area (Å²) < 4.78 is 1.78. The zero-order chi connectivity index (χ0) is 33.2. The Hall–Kier alpha value is -4.42. The van der Waals surface area contributed by atoms with Crippen LogP contribution in [0.25, 0.3) is 0 Å². The third-order valence-electron chi connectivity index (χ3n) is 7.14. The number of nitrogens with zero attached hydrogens (tertiary/aromatic N) is 5. The minimum atomic E-state index is -1.75. The van der Waals surface area contributed by atoms with Gasteiger partial charge in [0, 0.05) is 40.8 Å². The number of thiazole rings is 1. The van der Waals surface area contributed by atoms with Crippen molar-refractivity contribution in [2.24, 2.45) is 5.16 Å². The van der Waals surface area contributed by atoms with Gasteiger partial charge in [0.1, 0.15) is 17.1 Å². The highest BCUT2D eigenvalue weighted by molar-refractivity contribution is 8.00. The van der Waals surface area contributed by atoms with Crippen LogP contribution in [-0.2, 0) is 35.4 Å². The molecule has 0 saturated carbocycles. The molecule has 4 aliphatic heterocycles. The van der Waals surface area contributed by atoms with Crippen LogP contribution in [-0.4, -0.2) is 89.2 Å². The van der Waals surface area contributed by atoms with E-state index in [0.717, 1.165) is 28.4 Å². The molecule has 46 heavy (non-hydrogen) atoms. The van der Waals surface area contributed by atoms with Crippen molar-refractivity contribution in [1.29, 1.82) is 0 Å². The summed E-state index contributed by atoms with van der Waals surface area (Å²) >= 11 is 4.16. The number of hydrogen-bond donors (Lipinski definition) is 3. The molecule has 18 heteroatoms. The average Bonchev–Trinajstić information content (AvgIpc) is 3.45. The molecule has 242 valence electrons. The Balaban J connectivity index is 0.000000393. The largest absolute Gasteiger partial charge is 0.543 e.